The van der Waals surface area contributed by atoms with E-state index >= 15 is 0 Å². The smallest absolute Gasteiger partial charge is 0.267 e. The SMILES string of the molecule is N#CB1CCC(c2cn3cc(C4=CC(=N)C(=N)C(C#N)=C4)sc3n2)CC1. The molecule has 26 heavy (non-hydrogen) atoms. The standard InChI is InChI=1S/C18H15BN6S/c20-7-13-5-12(6-14(22)17(13)23)16-9-25-8-15(24-18(25)26-16)11-1-3-19(10-21)4-2-11/h5-6,8-9,11,22-23H,1-4H2. The average Bonchev–Trinajstić information content (AvgIpc) is 3.23. The average molecular weight is 358 g/mol. The minimum Gasteiger partial charge on any atom is -0.299 e. The van der Waals surface area contributed by atoms with Crippen molar-refractivity contribution in [3.63, 3.8) is 0 Å². The van der Waals surface area contributed by atoms with Crippen LogP contribution in [0.3, 0.4) is 0 Å². The maximum atomic E-state index is 9.14. The van der Waals surface area contributed by atoms with Crippen molar-refractivity contribution >= 4 is 40.0 Å². The van der Waals surface area contributed by atoms with Gasteiger partial charge in [0.15, 0.2) is 4.96 Å². The van der Waals surface area contributed by atoms with Crippen LogP contribution >= 0.6 is 11.3 Å². The molecule has 3 heterocycles. The second kappa shape index (κ2) is 6.40. The number of fused-ring (bicyclic) bond motifs is 1. The first-order chi connectivity index (χ1) is 12.6. The van der Waals surface area contributed by atoms with Gasteiger partial charge >= 0.3 is 0 Å². The molecule has 1 aliphatic heterocycles. The van der Waals surface area contributed by atoms with Crippen molar-refractivity contribution in [2.45, 2.75) is 31.4 Å². The summed E-state index contributed by atoms with van der Waals surface area (Å²) >= 11 is 1.52. The molecule has 0 aromatic carbocycles. The van der Waals surface area contributed by atoms with Gasteiger partial charge in [-0.15, -0.1) is 0 Å². The van der Waals surface area contributed by atoms with E-state index in [1.54, 1.807) is 12.2 Å². The van der Waals surface area contributed by atoms with Crippen molar-refractivity contribution in [1.82, 2.24) is 9.38 Å². The summed E-state index contributed by atoms with van der Waals surface area (Å²) in [4.78, 5) is 6.58. The lowest BCUT2D eigenvalue weighted by Gasteiger charge is -2.21. The van der Waals surface area contributed by atoms with Gasteiger partial charge in [-0.3, -0.25) is 15.2 Å². The monoisotopic (exact) mass is 358 g/mol. The fourth-order valence-corrected chi connectivity index (χ4v) is 4.50. The Hall–Kier alpha value is -2.97. The fourth-order valence-electron chi connectivity index (χ4n) is 3.53. The number of allylic oxidation sites excluding steroid dienone is 4. The van der Waals surface area contributed by atoms with E-state index in [9.17, 15) is 0 Å². The molecule has 8 heteroatoms. The number of nitriles is 2. The molecular weight excluding hydrogens is 343 g/mol. The van der Waals surface area contributed by atoms with Crippen LogP contribution in [0.5, 0.6) is 0 Å². The van der Waals surface area contributed by atoms with Crippen molar-refractivity contribution < 1.29 is 0 Å². The quantitative estimate of drug-likeness (QED) is 0.630. The highest BCUT2D eigenvalue weighted by atomic mass is 32.1. The third-order valence-corrected chi connectivity index (χ3v) is 6.09. The number of hydrogen-bond acceptors (Lipinski definition) is 6. The zero-order valence-electron chi connectivity index (χ0n) is 14.0. The summed E-state index contributed by atoms with van der Waals surface area (Å²) in [5.74, 6) is 2.79. The zero-order chi connectivity index (χ0) is 18.3. The maximum Gasteiger partial charge on any atom is 0.267 e. The molecule has 1 fully saturated rings. The van der Waals surface area contributed by atoms with Crippen molar-refractivity contribution in [3.8, 4) is 12.0 Å². The summed E-state index contributed by atoms with van der Waals surface area (Å²) in [6, 6.07) is 1.99. The largest absolute Gasteiger partial charge is 0.299 e. The maximum absolute atomic E-state index is 9.14. The molecule has 0 amide bonds. The number of thiazole rings is 1. The lowest BCUT2D eigenvalue weighted by atomic mass is 9.41. The van der Waals surface area contributed by atoms with Crippen LogP contribution in [0, 0.1) is 33.4 Å². The minimum absolute atomic E-state index is 0.0344. The van der Waals surface area contributed by atoms with E-state index in [4.69, 9.17) is 26.3 Å². The molecule has 0 atom stereocenters. The van der Waals surface area contributed by atoms with Gasteiger partial charge in [-0.25, -0.2) is 10.2 Å². The summed E-state index contributed by atoms with van der Waals surface area (Å²) in [7, 11) is 0. The van der Waals surface area contributed by atoms with Crippen molar-refractivity contribution in [3.05, 3.63) is 40.7 Å². The van der Waals surface area contributed by atoms with Crippen LogP contribution in [0.2, 0.25) is 12.6 Å². The Labute approximate surface area is 155 Å². The molecule has 2 aromatic rings. The summed E-state index contributed by atoms with van der Waals surface area (Å²) < 4.78 is 2.00. The topological polar surface area (TPSA) is 113 Å². The molecule has 4 rings (SSSR count). The summed E-state index contributed by atoms with van der Waals surface area (Å²) in [6.07, 6.45) is 11.2. The first-order valence-electron chi connectivity index (χ1n) is 8.49. The fraction of sp³-hybridized carbons (Fsp3) is 0.278. The molecule has 6 nitrogen and oxygen atoms in total. The van der Waals surface area contributed by atoms with Crippen LogP contribution in [-0.4, -0.2) is 27.5 Å². The molecule has 2 N–H and O–H groups in total. The minimum atomic E-state index is -0.0344. The van der Waals surface area contributed by atoms with Gasteiger partial charge < -0.3 is 0 Å². The van der Waals surface area contributed by atoms with Crippen LogP contribution in [0.25, 0.3) is 10.5 Å². The highest BCUT2D eigenvalue weighted by molar-refractivity contribution is 7.18. The van der Waals surface area contributed by atoms with Crippen LogP contribution in [0.15, 0.2) is 30.1 Å². The van der Waals surface area contributed by atoms with Gasteiger partial charge in [0.2, 0.25) is 0 Å². The number of hydrogen-bond donors (Lipinski definition) is 2. The Kier molecular flexibility index (Phi) is 4.06. The molecule has 1 aliphatic carbocycles. The third-order valence-electron chi connectivity index (χ3n) is 5.05. The van der Waals surface area contributed by atoms with E-state index in [1.807, 2.05) is 16.7 Å². The van der Waals surface area contributed by atoms with E-state index < -0.39 is 0 Å². The lowest BCUT2D eigenvalue weighted by molar-refractivity contribution is 0.598. The van der Waals surface area contributed by atoms with Gasteiger partial charge in [0, 0.05) is 24.3 Å². The zero-order valence-corrected chi connectivity index (χ0v) is 14.8. The molecule has 0 radical (unpaired) electrons. The molecule has 2 aromatic heterocycles. The normalized spacial score (nSPS) is 18.5. The predicted molar refractivity (Wildman–Crippen MR) is 103 cm³/mol. The third kappa shape index (κ3) is 2.79. The molecule has 0 bridgehead atoms. The molecule has 1 saturated heterocycles. The first-order valence-corrected chi connectivity index (χ1v) is 9.30. The van der Waals surface area contributed by atoms with Gasteiger partial charge in [0.05, 0.1) is 27.6 Å². The summed E-state index contributed by atoms with van der Waals surface area (Å²) in [6.45, 7) is 0.190. The Bertz CT molecular complexity index is 1030. The highest BCUT2D eigenvalue weighted by Crippen LogP contribution is 2.35. The molecule has 0 saturated carbocycles. The van der Waals surface area contributed by atoms with Gasteiger partial charge in [-0.2, -0.15) is 5.26 Å². The van der Waals surface area contributed by atoms with Crippen LogP contribution in [0.1, 0.15) is 29.3 Å². The van der Waals surface area contributed by atoms with Crippen LogP contribution in [-0.2, 0) is 0 Å². The van der Waals surface area contributed by atoms with Crippen molar-refractivity contribution in [2.75, 3.05) is 0 Å². The summed E-state index contributed by atoms with van der Waals surface area (Å²) in [5, 5.41) is 33.8. The van der Waals surface area contributed by atoms with Crippen LogP contribution in [0.4, 0.5) is 0 Å². The molecule has 0 spiro atoms. The van der Waals surface area contributed by atoms with Gasteiger partial charge in [0.1, 0.15) is 6.07 Å². The molecule has 2 aliphatic rings. The van der Waals surface area contributed by atoms with E-state index in [-0.39, 0.29) is 23.7 Å². The van der Waals surface area contributed by atoms with E-state index in [2.05, 4.69) is 12.2 Å². The van der Waals surface area contributed by atoms with Gasteiger partial charge in [-0.1, -0.05) is 36.8 Å². The Morgan fingerprint density at radius 2 is 1.96 bits per heavy atom. The molecule has 0 unspecified atom stereocenters. The summed E-state index contributed by atoms with van der Waals surface area (Å²) in [5.41, 5.74) is 2.09. The molecular formula is C18H15BN6S. The number of nitrogens with zero attached hydrogens (tertiary/aromatic N) is 4. The van der Waals surface area contributed by atoms with Crippen molar-refractivity contribution in [2.24, 2.45) is 0 Å². The first kappa shape index (κ1) is 16.5. The van der Waals surface area contributed by atoms with Crippen LogP contribution < -0.4 is 0 Å². The Morgan fingerprint density at radius 1 is 1.19 bits per heavy atom. The van der Waals surface area contributed by atoms with Crippen molar-refractivity contribution in [1.29, 1.82) is 21.3 Å². The number of imidazole rings is 1. The van der Waals surface area contributed by atoms with Gasteiger partial charge in [-0.05, 0) is 17.7 Å². The van der Waals surface area contributed by atoms with Gasteiger partial charge in [0.25, 0.3) is 6.71 Å². The van der Waals surface area contributed by atoms with E-state index in [1.165, 1.54) is 11.3 Å². The molecule has 126 valence electrons. The lowest BCUT2D eigenvalue weighted by Crippen LogP contribution is -2.19. The highest BCUT2D eigenvalue weighted by Gasteiger charge is 2.27. The second-order valence-electron chi connectivity index (χ2n) is 6.69. The number of nitrogens with one attached hydrogen (secondary N) is 2. The van der Waals surface area contributed by atoms with E-state index in [0.717, 1.165) is 46.6 Å². The second-order valence-corrected chi connectivity index (χ2v) is 7.70. The Morgan fingerprint density at radius 3 is 2.62 bits per heavy atom. The number of aromatic nitrogens is 2. The van der Waals surface area contributed by atoms with E-state index in [0.29, 0.717) is 5.92 Å². The predicted octanol–water partition coefficient (Wildman–Crippen LogP) is 3.72. The Balaban J connectivity index is 1.60. The number of rotatable bonds is 2.